The first-order chi connectivity index (χ1) is 17.6. The maximum absolute atomic E-state index is 12.6. The minimum Gasteiger partial charge on any atom is -0.468 e. The maximum Gasteiger partial charge on any atom is 0.514 e. The summed E-state index contributed by atoms with van der Waals surface area (Å²) in [5.74, 6) is -1.39. The van der Waals surface area contributed by atoms with Crippen LogP contribution in [0.15, 0.2) is 18.2 Å². The fourth-order valence-electron chi connectivity index (χ4n) is 2.92. The SMILES string of the molecule is CCC(C)OC(=O)Oc1cc(C[C@](N)(CCOC(=O)C(C)(C)C)C(=O)OC)ccc1OC(=O)O[C@@H](C)CC. The minimum absolute atomic E-state index is 0.0345. The van der Waals surface area contributed by atoms with E-state index < -0.39 is 41.3 Å². The molecule has 0 aliphatic carbocycles. The van der Waals surface area contributed by atoms with Crippen molar-refractivity contribution < 1.29 is 47.6 Å². The van der Waals surface area contributed by atoms with Gasteiger partial charge in [0.15, 0.2) is 11.5 Å². The lowest BCUT2D eigenvalue weighted by Gasteiger charge is -2.27. The molecule has 0 spiro atoms. The van der Waals surface area contributed by atoms with Crippen LogP contribution in [0.3, 0.4) is 0 Å². The highest BCUT2D eigenvalue weighted by Gasteiger charge is 2.36. The summed E-state index contributed by atoms with van der Waals surface area (Å²) in [6.07, 6.45) is -1.73. The first kappa shape index (κ1) is 32.7. The summed E-state index contributed by atoms with van der Waals surface area (Å²) in [6.45, 7) is 12.1. The standard InChI is InChI=1S/C27H41NO10/c1-9-17(3)35-24(31)37-20-12-11-19(15-21(20)38-25(32)36-18(4)10-2)16-27(28,23(30)33-8)13-14-34-22(29)26(5,6)7/h11-12,15,17-18H,9-10,13-14,16,28H2,1-8H3/t17-,18?,27+/m0/s1. The van der Waals surface area contributed by atoms with Crippen LogP contribution in [0.2, 0.25) is 0 Å². The van der Waals surface area contributed by atoms with E-state index in [-0.39, 0.29) is 37.1 Å². The van der Waals surface area contributed by atoms with Gasteiger partial charge in [-0.15, -0.1) is 0 Å². The number of carbonyl (C=O) groups excluding carboxylic acids is 4. The Hall–Kier alpha value is -3.34. The molecule has 0 aliphatic rings. The van der Waals surface area contributed by atoms with Crippen LogP contribution < -0.4 is 15.2 Å². The van der Waals surface area contributed by atoms with Crippen molar-refractivity contribution in [2.24, 2.45) is 11.1 Å². The van der Waals surface area contributed by atoms with Gasteiger partial charge in [-0.25, -0.2) is 9.59 Å². The quantitative estimate of drug-likeness (QED) is 0.223. The molecule has 1 aromatic rings. The Kier molecular flexibility index (Phi) is 12.5. The molecule has 11 heteroatoms. The van der Waals surface area contributed by atoms with E-state index in [9.17, 15) is 19.2 Å². The molecule has 1 unspecified atom stereocenters. The molecular weight excluding hydrogens is 498 g/mol. The topological polar surface area (TPSA) is 150 Å². The zero-order valence-corrected chi connectivity index (χ0v) is 23.6. The summed E-state index contributed by atoms with van der Waals surface area (Å²) in [5, 5.41) is 0. The highest BCUT2D eigenvalue weighted by Crippen LogP contribution is 2.31. The molecule has 0 amide bonds. The zero-order valence-electron chi connectivity index (χ0n) is 23.6. The lowest BCUT2D eigenvalue weighted by molar-refractivity contribution is -0.156. The monoisotopic (exact) mass is 539 g/mol. The van der Waals surface area contributed by atoms with E-state index >= 15 is 0 Å². The van der Waals surface area contributed by atoms with Crippen LogP contribution in [0, 0.1) is 5.41 Å². The van der Waals surface area contributed by atoms with Crippen LogP contribution in [-0.2, 0) is 35.0 Å². The molecule has 1 aromatic carbocycles. The van der Waals surface area contributed by atoms with Crippen molar-refractivity contribution in [3.05, 3.63) is 23.8 Å². The van der Waals surface area contributed by atoms with Gasteiger partial charge in [0.1, 0.15) is 17.7 Å². The molecule has 11 nitrogen and oxygen atoms in total. The lowest BCUT2D eigenvalue weighted by Crippen LogP contribution is -2.51. The molecule has 0 radical (unpaired) electrons. The number of nitrogens with two attached hydrogens (primary N) is 1. The third-order valence-corrected chi connectivity index (χ3v) is 5.64. The van der Waals surface area contributed by atoms with Crippen LogP contribution >= 0.6 is 0 Å². The van der Waals surface area contributed by atoms with Crippen LogP contribution in [0.25, 0.3) is 0 Å². The van der Waals surface area contributed by atoms with Gasteiger partial charge in [0.2, 0.25) is 0 Å². The molecule has 0 bridgehead atoms. The summed E-state index contributed by atoms with van der Waals surface area (Å²) in [5.41, 5.74) is 4.56. The van der Waals surface area contributed by atoms with Crippen molar-refractivity contribution in [1.82, 2.24) is 0 Å². The minimum atomic E-state index is -1.57. The van der Waals surface area contributed by atoms with Gasteiger partial charge in [-0.2, -0.15) is 0 Å². The molecule has 3 atom stereocenters. The third kappa shape index (κ3) is 10.6. The number of hydrogen-bond donors (Lipinski definition) is 1. The molecule has 1 rings (SSSR count). The van der Waals surface area contributed by atoms with Gasteiger partial charge in [-0.3, -0.25) is 9.59 Å². The second kappa shape index (κ2) is 14.6. The van der Waals surface area contributed by atoms with E-state index in [1.165, 1.54) is 19.2 Å². The molecule has 0 heterocycles. The summed E-state index contributed by atoms with van der Waals surface area (Å²) >= 11 is 0. The Morgan fingerprint density at radius 1 is 0.868 bits per heavy atom. The number of ether oxygens (including phenoxy) is 6. The zero-order chi connectivity index (χ0) is 29.1. The van der Waals surface area contributed by atoms with Crippen LogP contribution in [0.1, 0.15) is 73.3 Å². The van der Waals surface area contributed by atoms with E-state index in [2.05, 4.69) is 0 Å². The van der Waals surface area contributed by atoms with Gasteiger partial charge < -0.3 is 34.2 Å². The smallest absolute Gasteiger partial charge is 0.468 e. The normalized spacial score (nSPS) is 14.3. The summed E-state index contributed by atoms with van der Waals surface area (Å²) < 4.78 is 31.0. The highest BCUT2D eigenvalue weighted by atomic mass is 16.7. The highest BCUT2D eigenvalue weighted by molar-refractivity contribution is 5.81. The van der Waals surface area contributed by atoms with Gasteiger partial charge in [0.05, 0.1) is 19.1 Å². The van der Waals surface area contributed by atoms with Crippen LogP contribution in [0.4, 0.5) is 9.59 Å². The van der Waals surface area contributed by atoms with E-state index in [4.69, 9.17) is 34.2 Å². The Morgan fingerprint density at radius 2 is 1.39 bits per heavy atom. The van der Waals surface area contributed by atoms with Gasteiger partial charge in [-0.1, -0.05) is 19.9 Å². The van der Waals surface area contributed by atoms with Crippen molar-refractivity contribution in [1.29, 1.82) is 0 Å². The predicted molar refractivity (Wildman–Crippen MR) is 138 cm³/mol. The van der Waals surface area contributed by atoms with Crippen molar-refractivity contribution in [2.45, 2.75) is 91.9 Å². The number of carbonyl (C=O) groups is 4. The Bertz CT molecular complexity index is 971. The lowest BCUT2D eigenvalue weighted by atomic mass is 9.88. The van der Waals surface area contributed by atoms with E-state index in [0.717, 1.165) is 0 Å². The van der Waals surface area contributed by atoms with E-state index in [1.54, 1.807) is 40.7 Å². The average molecular weight is 540 g/mol. The second-order valence-electron chi connectivity index (χ2n) is 10.1. The largest absolute Gasteiger partial charge is 0.514 e. The van der Waals surface area contributed by atoms with Crippen molar-refractivity contribution >= 4 is 24.2 Å². The number of esters is 2. The molecule has 0 saturated carbocycles. The summed E-state index contributed by atoms with van der Waals surface area (Å²) in [6, 6.07) is 4.33. The molecule has 38 heavy (non-hydrogen) atoms. The molecule has 2 N–H and O–H groups in total. The number of methoxy groups -OCH3 is 1. The van der Waals surface area contributed by atoms with Gasteiger partial charge in [0, 0.05) is 12.8 Å². The van der Waals surface area contributed by atoms with Gasteiger partial charge in [0.25, 0.3) is 0 Å². The van der Waals surface area contributed by atoms with Crippen molar-refractivity contribution in [2.75, 3.05) is 13.7 Å². The predicted octanol–water partition coefficient (Wildman–Crippen LogP) is 4.71. The molecule has 0 fully saturated rings. The van der Waals surface area contributed by atoms with E-state index in [0.29, 0.717) is 18.4 Å². The first-order valence-electron chi connectivity index (χ1n) is 12.6. The average Bonchev–Trinajstić information content (AvgIpc) is 2.83. The fraction of sp³-hybridized carbons (Fsp3) is 0.630. The first-order valence-corrected chi connectivity index (χ1v) is 12.6. The molecular formula is C27H41NO10. The molecule has 0 saturated heterocycles. The third-order valence-electron chi connectivity index (χ3n) is 5.64. The number of hydrogen-bond acceptors (Lipinski definition) is 11. The van der Waals surface area contributed by atoms with Crippen LogP contribution in [-0.4, -0.2) is 55.7 Å². The number of benzene rings is 1. The molecule has 0 aromatic heterocycles. The molecule has 0 aliphatic heterocycles. The second-order valence-corrected chi connectivity index (χ2v) is 10.1. The Labute approximate surface area is 224 Å². The van der Waals surface area contributed by atoms with Crippen LogP contribution in [0.5, 0.6) is 11.5 Å². The summed E-state index contributed by atoms with van der Waals surface area (Å²) in [7, 11) is 1.20. The van der Waals surface area contributed by atoms with Gasteiger partial charge >= 0.3 is 24.2 Å². The Morgan fingerprint density at radius 3 is 1.87 bits per heavy atom. The van der Waals surface area contributed by atoms with Crippen molar-refractivity contribution in [3.63, 3.8) is 0 Å². The van der Waals surface area contributed by atoms with Crippen molar-refractivity contribution in [3.8, 4) is 11.5 Å². The summed E-state index contributed by atoms with van der Waals surface area (Å²) in [4.78, 5) is 49.2. The van der Waals surface area contributed by atoms with Gasteiger partial charge in [-0.05, 0) is 65.2 Å². The maximum atomic E-state index is 12.6. The Balaban J connectivity index is 3.22. The van der Waals surface area contributed by atoms with E-state index in [1.807, 2.05) is 13.8 Å². The molecule has 214 valence electrons. The number of rotatable bonds is 12. The fourth-order valence-corrected chi connectivity index (χ4v) is 2.92.